The molecular weight excluding hydrogens is 192 g/mol. The van der Waals surface area contributed by atoms with Gasteiger partial charge < -0.3 is 4.74 Å². The minimum Gasteiger partial charge on any atom is -0.466 e. The SMILES string of the molecule is COC(=O)C=CSc1nnnn1C. The van der Waals surface area contributed by atoms with Crippen molar-refractivity contribution in [3.8, 4) is 0 Å². The molecule has 0 aliphatic rings. The van der Waals surface area contributed by atoms with Gasteiger partial charge in [-0.15, -0.1) is 5.10 Å². The molecule has 1 rings (SSSR count). The minimum atomic E-state index is -0.400. The van der Waals surface area contributed by atoms with Crippen molar-refractivity contribution in [1.82, 2.24) is 20.2 Å². The number of tetrazole rings is 1. The van der Waals surface area contributed by atoms with E-state index in [0.29, 0.717) is 5.16 Å². The maximum atomic E-state index is 10.6. The van der Waals surface area contributed by atoms with E-state index in [4.69, 9.17) is 0 Å². The van der Waals surface area contributed by atoms with Gasteiger partial charge in [0.1, 0.15) is 0 Å². The molecule has 0 aromatic carbocycles. The summed E-state index contributed by atoms with van der Waals surface area (Å²) in [6.45, 7) is 0. The summed E-state index contributed by atoms with van der Waals surface area (Å²) >= 11 is 1.24. The molecule has 0 aliphatic carbocycles. The van der Waals surface area contributed by atoms with E-state index in [2.05, 4.69) is 20.3 Å². The summed E-state index contributed by atoms with van der Waals surface area (Å²) in [6, 6.07) is 0. The number of ether oxygens (including phenoxy) is 1. The number of hydrogen-bond acceptors (Lipinski definition) is 6. The first-order valence-corrected chi connectivity index (χ1v) is 4.25. The van der Waals surface area contributed by atoms with Crippen molar-refractivity contribution in [2.24, 2.45) is 7.05 Å². The van der Waals surface area contributed by atoms with Crippen molar-refractivity contribution < 1.29 is 9.53 Å². The van der Waals surface area contributed by atoms with Crippen molar-refractivity contribution in [3.63, 3.8) is 0 Å². The van der Waals surface area contributed by atoms with Crippen LogP contribution in [0.5, 0.6) is 0 Å². The van der Waals surface area contributed by atoms with Crippen molar-refractivity contribution >= 4 is 17.7 Å². The van der Waals surface area contributed by atoms with Gasteiger partial charge in [-0.1, -0.05) is 11.8 Å². The average Bonchev–Trinajstić information content (AvgIpc) is 2.52. The molecule has 0 fully saturated rings. The molecule has 70 valence electrons. The van der Waals surface area contributed by atoms with Crippen molar-refractivity contribution in [1.29, 1.82) is 0 Å². The summed E-state index contributed by atoms with van der Waals surface area (Å²) in [4.78, 5) is 10.6. The standard InChI is InChI=1S/C6H8N4O2S/c1-10-6(7-8-9-10)13-4-3-5(11)12-2/h3-4H,1-2H3. The van der Waals surface area contributed by atoms with Crippen LogP contribution in [0.15, 0.2) is 16.6 Å². The highest BCUT2D eigenvalue weighted by Crippen LogP contribution is 2.12. The molecule has 0 bridgehead atoms. The van der Waals surface area contributed by atoms with Crippen LogP contribution in [-0.4, -0.2) is 33.3 Å². The van der Waals surface area contributed by atoms with Gasteiger partial charge in [0.05, 0.1) is 7.11 Å². The summed E-state index contributed by atoms with van der Waals surface area (Å²) in [5, 5.41) is 12.9. The summed E-state index contributed by atoms with van der Waals surface area (Å²) in [6.07, 6.45) is 1.30. The van der Waals surface area contributed by atoms with Gasteiger partial charge in [0.2, 0.25) is 5.16 Å². The predicted molar refractivity (Wildman–Crippen MR) is 45.8 cm³/mol. The van der Waals surface area contributed by atoms with Crippen LogP contribution in [0.25, 0.3) is 0 Å². The molecule has 1 aromatic heterocycles. The van der Waals surface area contributed by atoms with E-state index in [9.17, 15) is 4.79 Å². The lowest BCUT2D eigenvalue weighted by Gasteiger charge is -1.91. The quantitative estimate of drug-likeness (QED) is 0.388. The lowest BCUT2D eigenvalue weighted by atomic mass is 10.7. The molecule has 0 spiro atoms. The summed E-state index contributed by atoms with van der Waals surface area (Å²) in [5.74, 6) is -0.400. The lowest BCUT2D eigenvalue weighted by Crippen LogP contribution is -1.94. The molecule has 0 aliphatic heterocycles. The summed E-state index contributed by atoms with van der Waals surface area (Å²) in [7, 11) is 3.04. The van der Waals surface area contributed by atoms with Crippen LogP contribution in [-0.2, 0) is 16.6 Å². The van der Waals surface area contributed by atoms with Gasteiger partial charge in [-0.3, -0.25) is 0 Å². The molecule has 13 heavy (non-hydrogen) atoms. The van der Waals surface area contributed by atoms with Crippen LogP contribution < -0.4 is 0 Å². The number of hydrogen-bond donors (Lipinski definition) is 0. The van der Waals surface area contributed by atoms with E-state index in [0.717, 1.165) is 0 Å². The first kappa shape index (κ1) is 9.72. The fourth-order valence-corrected chi connectivity index (χ4v) is 1.11. The van der Waals surface area contributed by atoms with Gasteiger partial charge in [-0.25, -0.2) is 9.48 Å². The molecule has 7 heteroatoms. The molecule has 0 saturated carbocycles. The Labute approximate surface area is 78.9 Å². The zero-order chi connectivity index (χ0) is 9.68. The molecule has 1 heterocycles. The number of methoxy groups -OCH3 is 1. The Balaban J connectivity index is 2.48. The molecule has 0 radical (unpaired) electrons. The van der Waals surface area contributed by atoms with Crippen LogP contribution in [0.4, 0.5) is 0 Å². The largest absolute Gasteiger partial charge is 0.466 e. The van der Waals surface area contributed by atoms with Gasteiger partial charge in [0.15, 0.2) is 0 Å². The number of esters is 1. The Bertz CT molecular complexity index is 322. The zero-order valence-corrected chi connectivity index (χ0v) is 7.98. The van der Waals surface area contributed by atoms with E-state index in [1.165, 1.54) is 29.6 Å². The number of carbonyl (C=O) groups excluding carboxylic acids is 1. The number of thioether (sulfide) groups is 1. The van der Waals surface area contributed by atoms with Crippen molar-refractivity contribution in [2.45, 2.75) is 5.16 Å². The fraction of sp³-hybridized carbons (Fsp3) is 0.333. The highest BCUT2D eigenvalue weighted by molar-refractivity contribution is 8.02. The lowest BCUT2D eigenvalue weighted by molar-refractivity contribution is -0.134. The van der Waals surface area contributed by atoms with Gasteiger partial charge in [0.25, 0.3) is 0 Å². The Morgan fingerprint density at radius 3 is 3.00 bits per heavy atom. The molecule has 0 amide bonds. The number of carbonyl (C=O) groups is 1. The minimum absolute atomic E-state index is 0.400. The van der Waals surface area contributed by atoms with E-state index in [-0.39, 0.29) is 0 Å². The molecular formula is C6H8N4O2S. The van der Waals surface area contributed by atoms with E-state index in [1.807, 2.05) is 0 Å². The second kappa shape index (κ2) is 4.61. The molecule has 6 nitrogen and oxygen atoms in total. The molecule has 0 unspecified atom stereocenters. The summed E-state index contributed by atoms with van der Waals surface area (Å²) < 4.78 is 5.91. The van der Waals surface area contributed by atoms with Crippen molar-refractivity contribution in [3.05, 3.63) is 11.5 Å². The van der Waals surface area contributed by atoms with Crippen LogP contribution in [0.2, 0.25) is 0 Å². The third kappa shape index (κ3) is 2.86. The second-order valence-electron chi connectivity index (χ2n) is 2.03. The second-order valence-corrected chi connectivity index (χ2v) is 2.90. The van der Waals surface area contributed by atoms with Crippen LogP contribution in [0.3, 0.4) is 0 Å². The first-order valence-electron chi connectivity index (χ1n) is 3.37. The van der Waals surface area contributed by atoms with Gasteiger partial charge >= 0.3 is 5.97 Å². The third-order valence-corrected chi connectivity index (χ3v) is 1.99. The monoisotopic (exact) mass is 200 g/mol. The fourth-order valence-electron chi connectivity index (χ4n) is 0.540. The number of nitrogens with zero attached hydrogens (tertiary/aromatic N) is 4. The Kier molecular flexibility index (Phi) is 3.44. The normalized spacial score (nSPS) is 10.6. The number of rotatable bonds is 3. The zero-order valence-electron chi connectivity index (χ0n) is 7.17. The Morgan fingerprint density at radius 2 is 2.46 bits per heavy atom. The van der Waals surface area contributed by atoms with Gasteiger partial charge in [-0.05, 0) is 15.8 Å². The maximum absolute atomic E-state index is 10.6. The molecule has 1 aromatic rings. The number of aryl methyl sites for hydroxylation is 1. The molecule has 0 N–H and O–H groups in total. The van der Waals surface area contributed by atoms with E-state index < -0.39 is 5.97 Å². The number of aromatic nitrogens is 4. The maximum Gasteiger partial charge on any atom is 0.330 e. The molecule has 0 atom stereocenters. The van der Waals surface area contributed by atoms with Crippen LogP contribution >= 0.6 is 11.8 Å². The van der Waals surface area contributed by atoms with Crippen molar-refractivity contribution in [2.75, 3.05) is 7.11 Å². The van der Waals surface area contributed by atoms with Crippen LogP contribution in [0, 0.1) is 0 Å². The third-order valence-electron chi connectivity index (χ3n) is 1.16. The highest BCUT2D eigenvalue weighted by Gasteiger charge is 1.99. The van der Waals surface area contributed by atoms with E-state index >= 15 is 0 Å². The average molecular weight is 200 g/mol. The first-order chi connectivity index (χ1) is 6.24. The predicted octanol–water partition coefficient (Wildman–Crippen LogP) is -0.0111. The topological polar surface area (TPSA) is 69.9 Å². The smallest absolute Gasteiger partial charge is 0.330 e. The molecule has 0 saturated heterocycles. The van der Waals surface area contributed by atoms with E-state index in [1.54, 1.807) is 12.5 Å². The van der Waals surface area contributed by atoms with Gasteiger partial charge in [0, 0.05) is 13.1 Å². The highest BCUT2D eigenvalue weighted by atomic mass is 32.2. The Hall–Kier alpha value is -1.37. The van der Waals surface area contributed by atoms with Gasteiger partial charge in [-0.2, -0.15) is 0 Å². The summed E-state index contributed by atoms with van der Waals surface area (Å²) in [5.41, 5.74) is 0. The van der Waals surface area contributed by atoms with Crippen LogP contribution in [0.1, 0.15) is 0 Å². The Morgan fingerprint density at radius 1 is 1.69 bits per heavy atom.